The van der Waals surface area contributed by atoms with Gasteiger partial charge in [0.25, 0.3) is 5.91 Å². The number of amides is 1. The lowest BCUT2D eigenvalue weighted by atomic mass is 9.84. The van der Waals surface area contributed by atoms with Gasteiger partial charge in [-0.1, -0.05) is 50.2 Å². The second-order valence-corrected chi connectivity index (χ2v) is 8.08. The van der Waals surface area contributed by atoms with Gasteiger partial charge >= 0.3 is 0 Å². The molecule has 1 aromatic heterocycles. The summed E-state index contributed by atoms with van der Waals surface area (Å²) in [5.41, 5.74) is 2.89. The van der Waals surface area contributed by atoms with Crippen LogP contribution in [0.15, 0.2) is 60.0 Å². The molecule has 4 rings (SSSR count). The summed E-state index contributed by atoms with van der Waals surface area (Å²) in [6.07, 6.45) is 0. The first-order chi connectivity index (χ1) is 13.0. The molecule has 138 valence electrons. The third-order valence-corrected chi connectivity index (χ3v) is 5.71. The Hall–Kier alpha value is -2.79. The third-order valence-electron chi connectivity index (χ3n) is 4.80. The molecule has 5 heteroatoms. The minimum Gasteiger partial charge on any atom is -0.454 e. The molecule has 0 saturated carbocycles. The molecular weight excluding hydrogens is 358 g/mol. The Morgan fingerprint density at radius 3 is 2.67 bits per heavy atom. The Balaban J connectivity index is 1.49. The largest absolute Gasteiger partial charge is 0.454 e. The van der Waals surface area contributed by atoms with E-state index < -0.39 is 0 Å². The third kappa shape index (κ3) is 3.55. The van der Waals surface area contributed by atoms with Gasteiger partial charge in [0, 0.05) is 17.5 Å². The Morgan fingerprint density at radius 1 is 1.07 bits per heavy atom. The van der Waals surface area contributed by atoms with E-state index >= 15 is 0 Å². The van der Waals surface area contributed by atoms with Gasteiger partial charge in [-0.3, -0.25) is 4.79 Å². The van der Waals surface area contributed by atoms with Gasteiger partial charge in [0.1, 0.15) is 0 Å². The minimum absolute atomic E-state index is 0.0438. The number of rotatable bonds is 5. The maximum Gasteiger partial charge on any atom is 0.262 e. The van der Waals surface area contributed by atoms with Crippen molar-refractivity contribution in [2.24, 2.45) is 0 Å². The number of nitrogens with one attached hydrogen (secondary N) is 1. The highest BCUT2D eigenvalue weighted by atomic mass is 32.1. The predicted molar refractivity (Wildman–Crippen MR) is 108 cm³/mol. The van der Waals surface area contributed by atoms with Crippen LogP contribution in [0, 0.1) is 0 Å². The predicted octanol–water partition coefficient (Wildman–Crippen LogP) is 4.85. The van der Waals surface area contributed by atoms with Crippen molar-refractivity contribution in [3.05, 3.63) is 70.4 Å². The van der Waals surface area contributed by atoms with Gasteiger partial charge in [-0.2, -0.15) is 0 Å². The van der Waals surface area contributed by atoms with Gasteiger partial charge in [0.2, 0.25) is 6.79 Å². The standard InChI is InChI=1S/C22H21NO3S/c1-22(2,16-8-9-18-19(12-16)26-14-25-18)13-23-21(24)20-17(10-11-27-20)15-6-4-3-5-7-15/h3-12H,13-14H2,1-2H3,(H,23,24). The van der Waals surface area contributed by atoms with Crippen LogP contribution in [0.4, 0.5) is 0 Å². The fraction of sp³-hybridized carbons (Fsp3) is 0.227. The Kier molecular flexibility index (Phi) is 4.62. The summed E-state index contributed by atoms with van der Waals surface area (Å²) in [6.45, 7) is 5.00. The molecule has 27 heavy (non-hydrogen) atoms. The van der Waals surface area contributed by atoms with Crippen LogP contribution >= 0.6 is 11.3 Å². The summed E-state index contributed by atoms with van der Waals surface area (Å²) >= 11 is 1.47. The molecule has 1 aliphatic heterocycles. The Morgan fingerprint density at radius 2 is 1.85 bits per heavy atom. The normalized spacial score (nSPS) is 12.8. The summed E-state index contributed by atoms with van der Waals surface area (Å²) < 4.78 is 10.9. The van der Waals surface area contributed by atoms with Crippen molar-refractivity contribution in [2.75, 3.05) is 13.3 Å². The first-order valence-electron chi connectivity index (χ1n) is 8.86. The number of ether oxygens (including phenoxy) is 2. The molecule has 1 amide bonds. The van der Waals surface area contributed by atoms with Crippen molar-refractivity contribution in [1.82, 2.24) is 5.32 Å². The quantitative estimate of drug-likeness (QED) is 0.689. The lowest BCUT2D eigenvalue weighted by Gasteiger charge is -2.26. The summed E-state index contributed by atoms with van der Waals surface area (Å²) in [7, 11) is 0. The minimum atomic E-state index is -0.235. The molecule has 0 fully saturated rings. The summed E-state index contributed by atoms with van der Waals surface area (Å²) in [6, 6.07) is 17.9. The number of carbonyl (C=O) groups excluding carboxylic acids is 1. The van der Waals surface area contributed by atoms with Gasteiger partial charge in [-0.05, 0) is 34.7 Å². The number of hydrogen-bond donors (Lipinski definition) is 1. The van der Waals surface area contributed by atoms with Crippen LogP contribution in [0.5, 0.6) is 11.5 Å². The number of thiophene rings is 1. The molecule has 0 bridgehead atoms. The maximum absolute atomic E-state index is 12.8. The summed E-state index contributed by atoms with van der Waals surface area (Å²) in [4.78, 5) is 13.6. The SMILES string of the molecule is CC(C)(CNC(=O)c1sccc1-c1ccccc1)c1ccc2c(c1)OCO2. The van der Waals surface area contributed by atoms with Crippen LogP contribution in [0.3, 0.4) is 0 Å². The van der Waals surface area contributed by atoms with Crippen LogP contribution in [0.2, 0.25) is 0 Å². The Labute approximate surface area is 162 Å². The average molecular weight is 379 g/mol. The average Bonchev–Trinajstić information content (AvgIpc) is 3.35. The fourth-order valence-corrected chi connectivity index (χ4v) is 3.96. The molecule has 1 aliphatic rings. The van der Waals surface area contributed by atoms with E-state index in [2.05, 4.69) is 19.2 Å². The molecule has 4 nitrogen and oxygen atoms in total. The topological polar surface area (TPSA) is 47.6 Å². The Bertz CT molecular complexity index is 963. The van der Waals surface area contributed by atoms with Gasteiger partial charge in [-0.25, -0.2) is 0 Å². The molecule has 0 saturated heterocycles. The second-order valence-electron chi connectivity index (χ2n) is 7.16. The van der Waals surface area contributed by atoms with E-state index in [1.165, 1.54) is 11.3 Å². The van der Waals surface area contributed by atoms with Crippen LogP contribution in [0.1, 0.15) is 29.1 Å². The molecule has 2 heterocycles. The molecule has 0 aliphatic carbocycles. The van der Waals surface area contributed by atoms with E-state index in [1.54, 1.807) is 0 Å². The molecule has 1 N–H and O–H groups in total. The van der Waals surface area contributed by atoms with Crippen molar-refractivity contribution < 1.29 is 14.3 Å². The van der Waals surface area contributed by atoms with Gasteiger partial charge in [-0.15, -0.1) is 11.3 Å². The van der Waals surface area contributed by atoms with Crippen LogP contribution in [0.25, 0.3) is 11.1 Å². The van der Waals surface area contributed by atoms with E-state index in [4.69, 9.17) is 9.47 Å². The molecule has 2 aromatic carbocycles. The van der Waals surface area contributed by atoms with Crippen molar-refractivity contribution in [3.63, 3.8) is 0 Å². The van der Waals surface area contributed by atoms with E-state index in [9.17, 15) is 4.79 Å². The highest BCUT2D eigenvalue weighted by Gasteiger charge is 2.25. The van der Waals surface area contributed by atoms with Crippen LogP contribution in [-0.4, -0.2) is 19.2 Å². The zero-order valence-corrected chi connectivity index (χ0v) is 16.1. The lowest BCUT2D eigenvalue weighted by Crippen LogP contribution is -2.36. The molecule has 0 radical (unpaired) electrons. The molecule has 3 aromatic rings. The van der Waals surface area contributed by atoms with Gasteiger partial charge in [0.05, 0.1) is 4.88 Å². The van der Waals surface area contributed by atoms with E-state index in [1.807, 2.05) is 60.0 Å². The van der Waals surface area contributed by atoms with Crippen LogP contribution in [-0.2, 0) is 5.41 Å². The number of carbonyl (C=O) groups is 1. The van der Waals surface area contributed by atoms with E-state index in [0.717, 1.165) is 33.1 Å². The van der Waals surface area contributed by atoms with Crippen molar-refractivity contribution in [3.8, 4) is 22.6 Å². The first kappa shape index (κ1) is 17.6. The number of fused-ring (bicyclic) bond motifs is 1. The summed E-state index contributed by atoms with van der Waals surface area (Å²) in [5.74, 6) is 1.49. The first-order valence-corrected chi connectivity index (χ1v) is 9.74. The maximum atomic E-state index is 12.8. The number of hydrogen-bond acceptors (Lipinski definition) is 4. The molecule has 0 unspecified atom stereocenters. The van der Waals surface area contributed by atoms with E-state index in [-0.39, 0.29) is 18.1 Å². The van der Waals surface area contributed by atoms with Crippen molar-refractivity contribution >= 4 is 17.2 Å². The van der Waals surface area contributed by atoms with E-state index in [0.29, 0.717) is 6.54 Å². The van der Waals surface area contributed by atoms with Gasteiger partial charge < -0.3 is 14.8 Å². The zero-order valence-electron chi connectivity index (χ0n) is 15.3. The summed E-state index contributed by atoms with van der Waals surface area (Å²) in [5, 5.41) is 5.06. The highest BCUT2D eigenvalue weighted by molar-refractivity contribution is 7.12. The van der Waals surface area contributed by atoms with Crippen molar-refractivity contribution in [1.29, 1.82) is 0 Å². The highest BCUT2D eigenvalue weighted by Crippen LogP contribution is 2.36. The molecule has 0 spiro atoms. The molecule has 0 atom stereocenters. The second kappa shape index (κ2) is 7.08. The lowest BCUT2D eigenvalue weighted by molar-refractivity contribution is 0.0950. The molecular formula is C22H21NO3S. The van der Waals surface area contributed by atoms with Crippen molar-refractivity contribution in [2.45, 2.75) is 19.3 Å². The zero-order chi connectivity index (χ0) is 18.9. The van der Waals surface area contributed by atoms with Gasteiger partial charge in [0.15, 0.2) is 11.5 Å². The smallest absolute Gasteiger partial charge is 0.262 e. The fourth-order valence-electron chi connectivity index (χ4n) is 3.13. The number of benzene rings is 2. The monoisotopic (exact) mass is 379 g/mol. The van der Waals surface area contributed by atoms with Crippen LogP contribution < -0.4 is 14.8 Å².